The van der Waals surface area contributed by atoms with Gasteiger partial charge in [0.25, 0.3) is 11.5 Å². The number of amides is 1. The third-order valence-electron chi connectivity index (χ3n) is 3.77. The summed E-state index contributed by atoms with van der Waals surface area (Å²) in [7, 11) is 3.01. The molecule has 0 aliphatic carbocycles. The molecule has 1 N–H and O–H groups in total. The van der Waals surface area contributed by atoms with Gasteiger partial charge in [-0.15, -0.1) is 5.10 Å². The molecule has 140 valence electrons. The van der Waals surface area contributed by atoms with Crippen LogP contribution in [0.25, 0.3) is 5.82 Å². The number of benzene rings is 1. The number of aromatic nitrogens is 5. The molecule has 27 heavy (non-hydrogen) atoms. The lowest BCUT2D eigenvalue weighted by atomic mass is 10.1. The summed E-state index contributed by atoms with van der Waals surface area (Å²) in [5.41, 5.74) is 0.0881. The average Bonchev–Trinajstić information content (AvgIpc) is 3.23. The zero-order valence-electron chi connectivity index (χ0n) is 14.8. The molecular formula is C17H18N6O4. The largest absolute Gasteiger partial charge is 0.497 e. The van der Waals surface area contributed by atoms with E-state index in [4.69, 9.17) is 9.47 Å². The van der Waals surface area contributed by atoms with E-state index in [1.807, 2.05) is 0 Å². The maximum Gasteiger partial charge on any atom is 0.266 e. The summed E-state index contributed by atoms with van der Waals surface area (Å²) in [6.07, 6.45) is 2.86. The van der Waals surface area contributed by atoms with Crippen LogP contribution >= 0.6 is 0 Å². The van der Waals surface area contributed by atoms with Crippen LogP contribution in [0.5, 0.6) is 11.5 Å². The van der Waals surface area contributed by atoms with Gasteiger partial charge >= 0.3 is 0 Å². The Morgan fingerprint density at radius 2 is 2.04 bits per heavy atom. The van der Waals surface area contributed by atoms with Crippen molar-refractivity contribution in [2.24, 2.45) is 0 Å². The molecule has 0 aliphatic heterocycles. The van der Waals surface area contributed by atoms with E-state index < -0.39 is 0 Å². The number of nitrogens with one attached hydrogen (secondary N) is 1. The summed E-state index contributed by atoms with van der Waals surface area (Å²) in [5, 5.41) is 10.9. The lowest BCUT2D eigenvalue weighted by Gasteiger charge is -2.11. The fourth-order valence-electron chi connectivity index (χ4n) is 2.40. The predicted molar refractivity (Wildman–Crippen MR) is 95.3 cm³/mol. The molecule has 0 saturated heterocycles. The van der Waals surface area contributed by atoms with Gasteiger partial charge in [0, 0.05) is 18.7 Å². The Labute approximate surface area is 154 Å². The van der Waals surface area contributed by atoms with E-state index >= 15 is 0 Å². The van der Waals surface area contributed by atoms with Crippen molar-refractivity contribution in [1.29, 1.82) is 0 Å². The zero-order valence-corrected chi connectivity index (χ0v) is 14.8. The highest BCUT2D eigenvalue weighted by atomic mass is 16.5. The van der Waals surface area contributed by atoms with Gasteiger partial charge in [-0.25, -0.2) is 14.3 Å². The third-order valence-corrected chi connectivity index (χ3v) is 3.77. The number of hydrogen-bond acceptors (Lipinski definition) is 7. The number of carbonyl (C=O) groups excluding carboxylic acids is 1. The van der Waals surface area contributed by atoms with Crippen LogP contribution in [0.2, 0.25) is 0 Å². The molecule has 0 bridgehead atoms. The summed E-state index contributed by atoms with van der Waals surface area (Å²) < 4.78 is 13.0. The van der Waals surface area contributed by atoms with Gasteiger partial charge < -0.3 is 14.8 Å². The summed E-state index contributed by atoms with van der Waals surface area (Å²) >= 11 is 0. The molecule has 0 spiro atoms. The van der Waals surface area contributed by atoms with Crippen LogP contribution in [0.1, 0.15) is 10.4 Å². The minimum Gasteiger partial charge on any atom is -0.497 e. The molecule has 0 fully saturated rings. The predicted octanol–water partition coefficient (Wildman–Crippen LogP) is 0.271. The monoisotopic (exact) mass is 370 g/mol. The molecule has 3 aromatic rings. The molecule has 0 radical (unpaired) electrons. The second kappa shape index (κ2) is 8.13. The van der Waals surface area contributed by atoms with E-state index in [0.29, 0.717) is 22.9 Å². The van der Waals surface area contributed by atoms with Gasteiger partial charge in [-0.05, 0) is 18.2 Å². The second-order valence-corrected chi connectivity index (χ2v) is 5.42. The molecule has 0 saturated carbocycles. The third kappa shape index (κ3) is 4.11. The van der Waals surface area contributed by atoms with Crippen LogP contribution in [0.3, 0.4) is 0 Å². The zero-order chi connectivity index (χ0) is 19.2. The summed E-state index contributed by atoms with van der Waals surface area (Å²) in [6, 6.07) is 7.85. The van der Waals surface area contributed by atoms with Crippen molar-refractivity contribution in [3.05, 3.63) is 58.9 Å². The fraction of sp³-hybridized carbons (Fsp3) is 0.235. The van der Waals surface area contributed by atoms with Crippen molar-refractivity contribution in [2.45, 2.75) is 6.54 Å². The molecule has 0 aliphatic rings. The topological polar surface area (TPSA) is 113 Å². The molecule has 0 unspecified atom stereocenters. The molecule has 1 aromatic carbocycles. The Balaban J connectivity index is 1.67. The molecular weight excluding hydrogens is 352 g/mol. The Morgan fingerprint density at radius 1 is 1.19 bits per heavy atom. The number of rotatable bonds is 7. The summed E-state index contributed by atoms with van der Waals surface area (Å²) in [4.78, 5) is 28.2. The van der Waals surface area contributed by atoms with Crippen molar-refractivity contribution in [3.63, 3.8) is 0 Å². The van der Waals surface area contributed by atoms with Gasteiger partial charge in [0.15, 0.2) is 5.82 Å². The maximum atomic E-state index is 12.4. The number of hydrogen-bond donors (Lipinski definition) is 1. The van der Waals surface area contributed by atoms with Crippen molar-refractivity contribution >= 4 is 5.91 Å². The molecule has 0 atom stereocenters. The molecule has 10 heteroatoms. The number of ether oxygens (including phenoxy) is 2. The van der Waals surface area contributed by atoms with Gasteiger partial charge in [-0.2, -0.15) is 5.10 Å². The van der Waals surface area contributed by atoms with Crippen molar-refractivity contribution in [1.82, 2.24) is 29.9 Å². The highest BCUT2D eigenvalue weighted by molar-refractivity contribution is 5.97. The maximum absolute atomic E-state index is 12.4. The highest BCUT2D eigenvalue weighted by Gasteiger charge is 2.13. The van der Waals surface area contributed by atoms with Crippen molar-refractivity contribution in [3.8, 4) is 17.3 Å². The van der Waals surface area contributed by atoms with Gasteiger partial charge in [0.1, 0.15) is 24.2 Å². The van der Waals surface area contributed by atoms with E-state index in [-0.39, 0.29) is 24.6 Å². The van der Waals surface area contributed by atoms with Crippen LogP contribution in [-0.2, 0) is 6.54 Å². The van der Waals surface area contributed by atoms with E-state index in [2.05, 4.69) is 20.5 Å². The van der Waals surface area contributed by atoms with Gasteiger partial charge in [0.05, 0.1) is 26.3 Å². The Kier molecular flexibility index (Phi) is 5.45. The Morgan fingerprint density at radius 3 is 2.74 bits per heavy atom. The van der Waals surface area contributed by atoms with Crippen LogP contribution < -0.4 is 20.3 Å². The lowest BCUT2D eigenvalue weighted by Crippen LogP contribution is -2.32. The van der Waals surface area contributed by atoms with Crippen LogP contribution in [0, 0.1) is 0 Å². The molecule has 2 heterocycles. The van der Waals surface area contributed by atoms with Crippen molar-refractivity contribution < 1.29 is 14.3 Å². The first kappa shape index (κ1) is 18.1. The summed E-state index contributed by atoms with van der Waals surface area (Å²) in [5.74, 6) is 1.12. The normalized spacial score (nSPS) is 10.4. The average molecular weight is 370 g/mol. The number of nitrogens with zero attached hydrogens (tertiary/aromatic N) is 5. The smallest absolute Gasteiger partial charge is 0.266 e. The fourth-order valence-corrected chi connectivity index (χ4v) is 2.40. The van der Waals surface area contributed by atoms with E-state index in [1.165, 1.54) is 42.3 Å². The van der Waals surface area contributed by atoms with Gasteiger partial charge in [-0.1, -0.05) is 0 Å². The second-order valence-electron chi connectivity index (χ2n) is 5.42. The summed E-state index contributed by atoms with van der Waals surface area (Å²) in [6.45, 7) is 0.410. The van der Waals surface area contributed by atoms with Crippen molar-refractivity contribution in [2.75, 3.05) is 20.8 Å². The first-order valence-corrected chi connectivity index (χ1v) is 8.06. The highest BCUT2D eigenvalue weighted by Crippen LogP contribution is 2.24. The van der Waals surface area contributed by atoms with Crippen LogP contribution in [0.4, 0.5) is 0 Å². The first-order valence-electron chi connectivity index (χ1n) is 8.06. The minimum absolute atomic E-state index is 0.200. The van der Waals surface area contributed by atoms with E-state index in [0.717, 1.165) is 0 Å². The Hall–Kier alpha value is -3.69. The number of methoxy groups -OCH3 is 2. The van der Waals surface area contributed by atoms with Gasteiger partial charge in [-0.3, -0.25) is 9.59 Å². The van der Waals surface area contributed by atoms with Gasteiger partial charge in [0.2, 0.25) is 0 Å². The van der Waals surface area contributed by atoms with E-state index in [9.17, 15) is 9.59 Å². The quantitative estimate of drug-likeness (QED) is 0.635. The molecule has 10 nitrogen and oxygen atoms in total. The van der Waals surface area contributed by atoms with Crippen LogP contribution in [-0.4, -0.2) is 51.2 Å². The van der Waals surface area contributed by atoms with Crippen LogP contribution in [0.15, 0.2) is 47.8 Å². The van der Waals surface area contributed by atoms with E-state index in [1.54, 1.807) is 24.3 Å². The first-order chi connectivity index (χ1) is 13.1. The number of carbonyl (C=O) groups is 1. The molecule has 2 aromatic heterocycles. The standard InChI is InChI=1S/C17H18N6O4/c1-26-12-3-4-13(14(9-12)27-2)17(25)19-7-8-22-16(24)6-5-15(21-22)23-11-18-10-20-23/h3-6,9-11H,7-8H2,1-2H3,(H,19,25). The lowest BCUT2D eigenvalue weighted by molar-refractivity contribution is 0.0948. The minimum atomic E-state index is -0.324. The Bertz CT molecular complexity index is 983. The molecule has 3 rings (SSSR count). The molecule has 1 amide bonds. The SMILES string of the molecule is COc1ccc(C(=O)NCCn2nc(-n3cncn3)ccc2=O)c(OC)c1.